The highest BCUT2D eigenvalue weighted by molar-refractivity contribution is 9.10. The summed E-state index contributed by atoms with van der Waals surface area (Å²) in [6.07, 6.45) is 1.71. The molecule has 0 aliphatic carbocycles. The molecule has 0 fully saturated rings. The standard InChI is InChI=1S/C6H5BrClN.BrH/c1-4-6(8)5(7)2-3-9-4;/h2-3H,1H3;1H. The fourth-order valence-electron chi connectivity index (χ4n) is 0.517. The molecule has 1 aromatic heterocycles. The predicted molar refractivity (Wildman–Crippen MR) is 52.0 cm³/mol. The first-order chi connectivity index (χ1) is 4.22. The molecule has 0 spiro atoms. The van der Waals surface area contributed by atoms with Gasteiger partial charge in [-0.05, 0) is 28.9 Å². The molecule has 1 heterocycles. The summed E-state index contributed by atoms with van der Waals surface area (Å²) in [6.45, 7) is 1.87. The molecular formula is C6H6Br2ClN. The van der Waals surface area contributed by atoms with E-state index < -0.39 is 0 Å². The van der Waals surface area contributed by atoms with Gasteiger partial charge in [-0.2, -0.15) is 0 Å². The number of pyridine rings is 1. The SMILES string of the molecule is Br.Cc1nccc(Br)c1Cl. The summed E-state index contributed by atoms with van der Waals surface area (Å²) in [4.78, 5) is 3.98. The van der Waals surface area contributed by atoms with Crippen molar-refractivity contribution in [2.45, 2.75) is 6.92 Å². The largest absolute Gasteiger partial charge is 0.260 e. The van der Waals surface area contributed by atoms with E-state index in [-0.39, 0.29) is 17.0 Å². The van der Waals surface area contributed by atoms with E-state index >= 15 is 0 Å². The van der Waals surface area contributed by atoms with Crippen LogP contribution in [0.25, 0.3) is 0 Å². The lowest BCUT2D eigenvalue weighted by molar-refractivity contribution is 1.19. The number of aryl methyl sites for hydroxylation is 1. The lowest BCUT2D eigenvalue weighted by atomic mass is 10.4. The van der Waals surface area contributed by atoms with Crippen molar-refractivity contribution >= 4 is 44.5 Å². The molecule has 0 atom stereocenters. The van der Waals surface area contributed by atoms with Crippen LogP contribution in [0, 0.1) is 6.92 Å². The van der Waals surface area contributed by atoms with Gasteiger partial charge in [0, 0.05) is 10.7 Å². The first-order valence-electron chi connectivity index (χ1n) is 2.48. The second-order valence-corrected chi connectivity index (χ2v) is 2.92. The maximum Gasteiger partial charge on any atom is 0.0760 e. The quantitative estimate of drug-likeness (QED) is 0.713. The third-order valence-electron chi connectivity index (χ3n) is 1.02. The van der Waals surface area contributed by atoms with E-state index in [4.69, 9.17) is 11.6 Å². The molecule has 4 heteroatoms. The highest BCUT2D eigenvalue weighted by atomic mass is 79.9. The Morgan fingerprint density at radius 3 is 2.60 bits per heavy atom. The zero-order chi connectivity index (χ0) is 6.85. The first-order valence-corrected chi connectivity index (χ1v) is 3.65. The maximum atomic E-state index is 5.77. The van der Waals surface area contributed by atoms with E-state index in [0.717, 1.165) is 10.2 Å². The van der Waals surface area contributed by atoms with Gasteiger partial charge in [-0.15, -0.1) is 17.0 Å². The third-order valence-corrected chi connectivity index (χ3v) is 2.38. The molecule has 56 valence electrons. The van der Waals surface area contributed by atoms with E-state index in [0.29, 0.717) is 5.02 Å². The van der Waals surface area contributed by atoms with Crippen molar-refractivity contribution < 1.29 is 0 Å². The van der Waals surface area contributed by atoms with Gasteiger partial charge in [0.2, 0.25) is 0 Å². The van der Waals surface area contributed by atoms with E-state index in [2.05, 4.69) is 20.9 Å². The number of halogens is 3. The Bertz CT molecular complexity index is 207. The van der Waals surface area contributed by atoms with Crippen molar-refractivity contribution in [1.82, 2.24) is 4.98 Å². The van der Waals surface area contributed by atoms with Crippen LogP contribution in [0.4, 0.5) is 0 Å². The second-order valence-electron chi connectivity index (χ2n) is 1.69. The molecule has 0 amide bonds. The summed E-state index contributed by atoms with van der Waals surface area (Å²) >= 11 is 9.04. The first kappa shape index (κ1) is 10.4. The normalized spacial score (nSPS) is 8.70. The molecular weight excluding hydrogens is 281 g/mol. The van der Waals surface area contributed by atoms with E-state index in [1.807, 2.05) is 13.0 Å². The van der Waals surface area contributed by atoms with Gasteiger partial charge in [0.15, 0.2) is 0 Å². The maximum absolute atomic E-state index is 5.77. The third kappa shape index (κ3) is 2.22. The summed E-state index contributed by atoms with van der Waals surface area (Å²) in [6, 6.07) is 1.81. The van der Waals surface area contributed by atoms with E-state index in [9.17, 15) is 0 Å². The molecule has 0 saturated heterocycles. The molecule has 0 saturated carbocycles. The Morgan fingerprint density at radius 2 is 2.20 bits per heavy atom. The van der Waals surface area contributed by atoms with Crippen molar-refractivity contribution in [3.8, 4) is 0 Å². The molecule has 0 aliphatic rings. The number of nitrogens with zero attached hydrogens (tertiary/aromatic N) is 1. The predicted octanol–water partition coefficient (Wildman–Crippen LogP) is 3.38. The van der Waals surface area contributed by atoms with Gasteiger partial charge in [-0.3, -0.25) is 4.98 Å². The van der Waals surface area contributed by atoms with E-state index in [1.165, 1.54) is 0 Å². The van der Waals surface area contributed by atoms with Crippen molar-refractivity contribution in [3.63, 3.8) is 0 Å². The zero-order valence-corrected chi connectivity index (χ0v) is 9.32. The highest BCUT2D eigenvalue weighted by Crippen LogP contribution is 2.22. The Hall–Kier alpha value is 0.400. The number of rotatable bonds is 0. The van der Waals surface area contributed by atoms with Gasteiger partial charge in [-0.25, -0.2) is 0 Å². The minimum Gasteiger partial charge on any atom is -0.260 e. The molecule has 0 unspecified atom stereocenters. The molecule has 1 aromatic rings. The fraction of sp³-hybridized carbons (Fsp3) is 0.167. The summed E-state index contributed by atoms with van der Waals surface area (Å²) in [5.41, 5.74) is 0.853. The summed E-state index contributed by atoms with van der Waals surface area (Å²) < 4.78 is 0.900. The van der Waals surface area contributed by atoms with Crippen molar-refractivity contribution in [1.29, 1.82) is 0 Å². The van der Waals surface area contributed by atoms with E-state index in [1.54, 1.807) is 6.20 Å². The fourth-order valence-corrected chi connectivity index (χ4v) is 1.03. The zero-order valence-electron chi connectivity index (χ0n) is 5.27. The second kappa shape index (κ2) is 4.31. The molecule has 1 nitrogen and oxygen atoms in total. The van der Waals surface area contributed by atoms with Crippen LogP contribution < -0.4 is 0 Å². The average Bonchev–Trinajstić information content (AvgIpc) is 1.83. The summed E-state index contributed by atoms with van der Waals surface area (Å²) in [7, 11) is 0. The molecule has 0 bridgehead atoms. The van der Waals surface area contributed by atoms with Crippen molar-refractivity contribution in [3.05, 3.63) is 27.5 Å². The smallest absolute Gasteiger partial charge is 0.0760 e. The average molecular weight is 287 g/mol. The monoisotopic (exact) mass is 285 g/mol. The molecule has 10 heavy (non-hydrogen) atoms. The summed E-state index contributed by atoms with van der Waals surface area (Å²) in [5, 5.41) is 0.692. The topological polar surface area (TPSA) is 12.9 Å². The van der Waals surface area contributed by atoms with Gasteiger partial charge in [0.25, 0.3) is 0 Å². The Kier molecular flexibility index (Phi) is 4.49. The van der Waals surface area contributed by atoms with Gasteiger partial charge < -0.3 is 0 Å². The molecule has 0 N–H and O–H groups in total. The highest BCUT2D eigenvalue weighted by Gasteiger charge is 1.97. The number of hydrogen-bond donors (Lipinski definition) is 0. The number of hydrogen-bond acceptors (Lipinski definition) is 1. The van der Waals surface area contributed by atoms with Crippen LogP contribution in [0.3, 0.4) is 0 Å². The van der Waals surface area contributed by atoms with Crippen LogP contribution in [0.2, 0.25) is 5.02 Å². The minimum atomic E-state index is 0. The van der Waals surface area contributed by atoms with Gasteiger partial charge >= 0.3 is 0 Å². The van der Waals surface area contributed by atoms with Crippen LogP contribution in [0.1, 0.15) is 5.69 Å². The Morgan fingerprint density at radius 1 is 1.60 bits per heavy atom. The van der Waals surface area contributed by atoms with Crippen LogP contribution in [0.5, 0.6) is 0 Å². The van der Waals surface area contributed by atoms with Gasteiger partial charge in [0.1, 0.15) is 0 Å². The Balaban J connectivity index is 0.000000810. The van der Waals surface area contributed by atoms with Crippen LogP contribution in [-0.2, 0) is 0 Å². The lowest BCUT2D eigenvalue weighted by Gasteiger charge is -1.95. The molecule has 0 radical (unpaired) electrons. The lowest BCUT2D eigenvalue weighted by Crippen LogP contribution is -1.80. The molecule has 0 aromatic carbocycles. The molecule has 1 rings (SSSR count). The Labute approximate surface area is 83.7 Å². The van der Waals surface area contributed by atoms with Crippen LogP contribution in [-0.4, -0.2) is 4.98 Å². The summed E-state index contributed by atoms with van der Waals surface area (Å²) in [5.74, 6) is 0. The van der Waals surface area contributed by atoms with Crippen molar-refractivity contribution in [2.75, 3.05) is 0 Å². The van der Waals surface area contributed by atoms with Crippen molar-refractivity contribution in [2.24, 2.45) is 0 Å². The van der Waals surface area contributed by atoms with Crippen LogP contribution in [0.15, 0.2) is 16.7 Å². The molecule has 0 aliphatic heterocycles. The van der Waals surface area contributed by atoms with Crippen LogP contribution >= 0.6 is 44.5 Å². The van der Waals surface area contributed by atoms with Gasteiger partial charge in [-0.1, -0.05) is 11.6 Å². The minimum absolute atomic E-state index is 0. The number of aromatic nitrogens is 1. The van der Waals surface area contributed by atoms with Gasteiger partial charge in [0.05, 0.1) is 10.7 Å².